The van der Waals surface area contributed by atoms with Crippen LogP contribution in [-0.4, -0.2) is 29.3 Å². The van der Waals surface area contributed by atoms with E-state index in [1.165, 1.54) is 10.8 Å². The van der Waals surface area contributed by atoms with Crippen LogP contribution < -0.4 is 10.6 Å². The second kappa shape index (κ2) is 4.90. The van der Waals surface area contributed by atoms with Crippen LogP contribution in [0, 0.1) is 0 Å². The summed E-state index contributed by atoms with van der Waals surface area (Å²) in [6, 6.07) is 17.3. The standard InChI is InChI=1S/C17H18N4/c18-15-7-8-21(11-15)17-10-16(19-20-17)14-6-5-12-3-1-2-4-13(12)9-14/h1-6,9-10,15H,7-8,11,18H2,(H,19,20). The summed E-state index contributed by atoms with van der Waals surface area (Å²) < 4.78 is 0. The number of nitrogens with one attached hydrogen (secondary N) is 1. The van der Waals surface area contributed by atoms with Gasteiger partial charge in [-0.1, -0.05) is 36.4 Å². The van der Waals surface area contributed by atoms with Crippen molar-refractivity contribution in [2.24, 2.45) is 5.73 Å². The predicted octanol–water partition coefficient (Wildman–Crippen LogP) is 2.77. The van der Waals surface area contributed by atoms with Gasteiger partial charge in [0.05, 0.1) is 5.69 Å². The van der Waals surface area contributed by atoms with Crippen LogP contribution in [0.2, 0.25) is 0 Å². The average molecular weight is 278 g/mol. The summed E-state index contributed by atoms with van der Waals surface area (Å²) in [5, 5.41) is 10.1. The van der Waals surface area contributed by atoms with E-state index in [2.05, 4.69) is 63.6 Å². The van der Waals surface area contributed by atoms with Crippen molar-refractivity contribution in [3.63, 3.8) is 0 Å². The Morgan fingerprint density at radius 3 is 2.76 bits per heavy atom. The van der Waals surface area contributed by atoms with Gasteiger partial charge in [0.15, 0.2) is 5.82 Å². The molecule has 0 saturated carbocycles. The number of aromatic nitrogens is 2. The van der Waals surface area contributed by atoms with Crippen LogP contribution in [0.4, 0.5) is 5.82 Å². The third-order valence-electron chi connectivity index (χ3n) is 4.17. The van der Waals surface area contributed by atoms with Gasteiger partial charge in [-0.25, -0.2) is 0 Å². The first-order chi connectivity index (χ1) is 10.3. The van der Waals surface area contributed by atoms with E-state index < -0.39 is 0 Å². The highest BCUT2D eigenvalue weighted by Gasteiger charge is 2.21. The van der Waals surface area contributed by atoms with Crippen molar-refractivity contribution in [2.45, 2.75) is 12.5 Å². The van der Waals surface area contributed by atoms with E-state index in [1.54, 1.807) is 0 Å². The molecular weight excluding hydrogens is 260 g/mol. The predicted molar refractivity (Wildman–Crippen MR) is 86.3 cm³/mol. The first-order valence-electron chi connectivity index (χ1n) is 7.35. The fraction of sp³-hybridized carbons (Fsp3) is 0.235. The summed E-state index contributed by atoms with van der Waals surface area (Å²) >= 11 is 0. The zero-order chi connectivity index (χ0) is 14.2. The molecule has 2 heterocycles. The van der Waals surface area contributed by atoms with E-state index in [1.807, 2.05) is 0 Å². The number of hydrogen-bond donors (Lipinski definition) is 2. The van der Waals surface area contributed by atoms with Crippen molar-refractivity contribution < 1.29 is 0 Å². The van der Waals surface area contributed by atoms with Gasteiger partial charge in [0.2, 0.25) is 0 Å². The Hall–Kier alpha value is -2.33. The third kappa shape index (κ3) is 2.28. The summed E-state index contributed by atoms with van der Waals surface area (Å²) in [6.07, 6.45) is 1.04. The van der Waals surface area contributed by atoms with Crippen LogP contribution in [0.5, 0.6) is 0 Å². The van der Waals surface area contributed by atoms with Gasteiger partial charge in [-0.05, 0) is 23.3 Å². The van der Waals surface area contributed by atoms with Gasteiger partial charge >= 0.3 is 0 Å². The van der Waals surface area contributed by atoms with Crippen molar-refractivity contribution in [3.05, 3.63) is 48.5 Å². The first-order valence-corrected chi connectivity index (χ1v) is 7.35. The van der Waals surface area contributed by atoms with Crippen LogP contribution >= 0.6 is 0 Å². The van der Waals surface area contributed by atoms with Gasteiger partial charge in [-0.2, -0.15) is 5.10 Å². The van der Waals surface area contributed by atoms with Gasteiger partial charge < -0.3 is 10.6 Å². The van der Waals surface area contributed by atoms with E-state index in [9.17, 15) is 0 Å². The molecule has 0 amide bonds. The topological polar surface area (TPSA) is 57.9 Å². The zero-order valence-corrected chi connectivity index (χ0v) is 11.8. The Kier molecular flexibility index (Phi) is 2.89. The van der Waals surface area contributed by atoms with Gasteiger partial charge in [-0.3, -0.25) is 5.10 Å². The normalized spacial score (nSPS) is 18.5. The minimum absolute atomic E-state index is 0.269. The van der Waals surface area contributed by atoms with Crippen molar-refractivity contribution in [3.8, 4) is 11.3 Å². The maximum Gasteiger partial charge on any atom is 0.151 e. The SMILES string of the molecule is NC1CCN(c2cc(-c3ccc4ccccc4c3)[nH]n2)C1. The number of fused-ring (bicyclic) bond motifs is 1. The van der Waals surface area contributed by atoms with Crippen LogP contribution in [0.3, 0.4) is 0 Å². The highest BCUT2D eigenvalue weighted by molar-refractivity contribution is 5.87. The smallest absolute Gasteiger partial charge is 0.151 e. The number of nitrogens with two attached hydrogens (primary N) is 1. The monoisotopic (exact) mass is 278 g/mol. The molecule has 106 valence electrons. The highest BCUT2D eigenvalue weighted by Crippen LogP contribution is 2.26. The largest absolute Gasteiger partial charge is 0.354 e. The van der Waals surface area contributed by atoms with Gasteiger partial charge in [0.1, 0.15) is 0 Å². The Labute approximate surface area is 123 Å². The number of H-pyrrole nitrogens is 1. The second-order valence-electron chi connectivity index (χ2n) is 5.70. The van der Waals surface area contributed by atoms with E-state index in [0.717, 1.165) is 36.6 Å². The Bertz CT molecular complexity index is 777. The second-order valence-corrected chi connectivity index (χ2v) is 5.70. The maximum atomic E-state index is 5.96. The van der Waals surface area contributed by atoms with Gasteiger partial charge in [-0.15, -0.1) is 0 Å². The quantitative estimate of drug-likeness (QED) is 0.758. The number of nitrogens with zero attached hydrogens (tertiary/aromatic N) is 2. The zero-order valence-electron chi connectivity index (χ0n) is 11.8. The maximum absolute atomic E-state index is 5.96. The summed E-state index contributed by atoms with van der Waals surface area (Å²) in [5.41, 5.74) is 8.18. The highest BCUT2D eigenvalue weighted by atomic mass is 15.3. The van der Waals surface area contributed by atoms with Gasteiger partial charge in [0, 0.05) is 30.8 Å². The van der Waals surface area contributed by atoms with Crippen molar-refractivity contribution >= 4 is 16.6 Å². The molecule has 1 aliphatic rings. The molecule has 3 aromatic rings. The van der Waals surface area contributed by atoms with Crippen molar-refractivity contribution in [1.29, 1.82) is 0 Å². The molecule has 1 unspecified atom stereocenters. The summed E-state index contributed by atoms with van der Waals surface area (Å²) in [7, 11) is 0. The van der Waals surface area contributed by atoms with E-state index in [-0.39, 0.29) is 6.04 Å². The molecule has 1 aliphatic heterocycles. The van der Waals surface area contributed by atoms with Crippen molar-refractivity contribution in [1.82, 2.24) is 10.2 Å². The molecule has 1 aromatic heterocycles. The first kappa shape index (κ1) is 12.4. The lowest BCUT2D eigenvalue weighted by molar-refractivity contribution is 0.751. The lowest BCUT2D eigenvalue weighted by Gasteiger charge is -2.13. The molecule has 21 heavy (non-hydrogen) atoms. The fourth-order valence-electron chi connectivity index (χ4n) is 2.97. The minimum Gasteiger partial charge on any atom is -0.354 e. The van der Waals surface area contributed by atoms with Crippen LogP contribution in [-0.2, 0) is 0 Å². The molecule has 4 nitrogen and oxygen atoms in total. The number of anilines is 1. The average Bonchev–Trinajstić information content (AvgIpc) is 3.15. The summed E-state index contributed by atoms with van der Waals surface area (Å²) in [4.78, 5) is 2.24. The molecule has 4 heteroatoms. The number of rotatable bonds is 2. The van der Waals surface area contributed by atoms with E-state index in [0.29, 0.717) is 0 Å². The van der Waals surface area contributed by atoms with Gasteiger partial charge in [0.25, 0.3) is 0 Å². The summed E-state index contributed by atoms with van der Waals surface area (Å²) in [5.74, 6) is 0.992. The molecule has 0 bridgehead atoms. The molecule has 1 atom stereocenters. The fourth-order valence-corrected chi connectivity index (χ4v) is 2.97. The molecule has 3 N–H and O–H groups in total. The summed E-state index contributed by atoms with van der Waals surface area (Å²) in [6.45, 7) is 1.88. The Morgan fingerprint density at radius 1 is 1.10 bits per heavy atom. The Balaban J connectivity index is 1.67. The Morgan fingerprint density at radius 2 is 1.95 bits per heavy atom. The minimum atomic E-state index is 0.269. The molecule has 2 aromatic carbocycles. The molecule has 0 radical (unpaired) electrons. The lowest BCUT2D eigenvalue weighted by Crippen LogP contribution is -2.26. The molecule has 0 aliphatic carbocycles. The molecule has 0 spiro atoms. The number of hydrogen-bond acceptors (Lipinski definition) is 3. The molecular formula is C17H18N4. The molecule has 1 fully saturated rings. The van der Waals surface area contributed by atoms with Crippen LogP contribution in [0.1, 0.15) is 6.42 Å². The molecule has 4 rings (SSSR count). The number of aromatic amines is 1. The van der Waals surface area contributed by atoms with E-state index in [4.69, 9.17) is 5.73 Å². The number of benzene rings is 2. The lowest BCUT2D eigenvalue weighted by atomic mass is 10.1. The van der Waals surface area contributed by atoms with Crippen molar-refractivity contribution in [2.75, 3.05) is 18.0 Å². The van der Waals surface area contributed by atoms with Crippen LogP contribution in [0.15, 0.2) is 48.5 Å². The molecule has 1 saturated heterocycles. The van der Waals surface area contributed by atoms with Crippen LogP contribution in [0.25, 0.3) is 22.0 Å². The third-order valence-corrected chi connectivity index (χ3v) is 4.17. The van der Waals surface area contributed by atoms with E-state index >= 15 is 0 Å².